The molecule has 1 fully saturated rings. The molecule has 0 spiro atoms. The van der Waals surface area contributed by atoms with Crippen molar-refractivity contribution >= 4 is 11.7 Å². The Balaban J connectivity index is 1.82. The van der Waals surface area contributed by atoms with E-state index in [1.165, 1.54) is 5.56 Å². The second-order valence-electron chi connectivity index (χ2n) is 7.84. The molecule has 30 heavy (non-hydrogen) atoms. The summed E-state index contributed by atoms with van der Waals surface area (Å²) in [4.78, 5) is 28.3. The first-order chi connectivity index (χ1) is 14.5. The number of amides is 1. The number of likely N-dealkylation sites (tertiary alicyclic amines) is 1. The summed E-state index contributed by atoms with van der Waals surface area (Å²) in [5.41, 5.74) is 7.45. The Kier molecular flexibility index (Phi) is 6.81. The Morgan fingerprint density at radius 3 is 2.53 bits per heavy atom. The fourth-order valence-electron chi connectivity index (χ4n) is 4.21. The summed E-state index contributed by atoms with van der Waals surface area (Å²) in [5.74, 6) is -0.170. The molecule has 3 rings (SSSR count). The number of aryl methyl sites for hydroxylation is 1. The normalized spacial score (nSPS) is 20.7. The highest BCUT2D eigenvalue weighted by Gasteiger charge is 2.52. The largest absolute Gasteiger partial charge is 0.332 e. The summed E-state index contributed by atoms with van der Waals surface area (Å²) in [7, 11) is 0. The van der Waals surface area contributed by atoms with E-state index in [4.69, 9.17) is 11.0 Å². The van der Waals surface area contributed by atoms with Gasteiger partial charge in [-0.1, -0.05) is 48.5 Å². The Labute approximate surface area is 177 Å². The van der Waals surface area contributed by atoms with Crippen LogP contribution in [-0.2, 0) is 11.2 Å². The van der Waals surface area contributed by atoms with Crippen LogP contribution in [0.3, 0.4) is 0 Å². The number of benzene rings is 2. The summed E-state index contributed by atoms with van der Waals surface area (Å²) < 4.78 is 0. The molecule has 0 saturated carbocycles. The maximum absolute atomic E-state index is 13.3. The van der Waals surface area contributed by atoms with E-state index in [9.17, 15) is 9.59 Å². The van der Waals surface area contributed by atoms with Gasteiger partial charge in [0.1, 0.15) is 0 Å². The van der Waals surface area contributed by atoms with Crippen LogP contribution in [0.1, 0.15) is 40.7 Å². The zero-order chi connectivity index (χ0) is 21.6. The van der Waals surface area contributed by atoms with Crippen molar-refractivity contribution in [2.75, 3.05) is 13.1 Å². The number of allylic oxidation sites excluding steroid dienone is 1. The van der Waals surface area contributed by atoms with E-state index < -0.39 is 11.5 Å². The van der Waals surface area contributed by atoms with Gasteiger partial charge in [0.15, 0.2) is 5.78 Å². The second-order valence-corrected chi connectivity index (χ2v) is 7.84. The third-order valence-electron chi connectivity index (χ3n) is 5.91. The van der Waals surface area contributed by atoms with E-state index in [1.807, 2.05) is 18.2 Å². The van der Waals surface area contributed by atoms with Gasteiger partial charge in [0.2, 0.25) is 5.91 Å². The lowest BCUT2D eigenvalue weighted by molar-refractivity contribution is -0.136. The number of ketones is 1. The number of nitrogens with two attached hydrogens (primary N) is 1. The molecule has 1 amide bonds. The molecule has 0 unspecified atom stereocenters. The van der Waals surface area contributed by atoms with Crippen LogP contribution in [0.25, 0.3) is 0 Å². The van der Waals surface area contributed by atoms with Gasteiger partial charge in [0.25, 0.3) is 0 Å². The second kappa shape index (κ2) is 9.51. The summed E-state index contributed by atoms with van der Waals surface area (Å²) in [5, 5.41) is 8.99. The molecule has 2 atom stereocenters. The predicted octanol–water partition coefficient (Wildman–Crippen LogP) is 3.50. The number of nitriles is 1. The summed E-state index contributed by atoms with van der Waals surface area (Å²) in [6.45, 7) is 4.47. The Morgan fingerprint density at radius 2 is 1.93 bits per heavy atom. The molecule has 154 valence electrons. The number of rotatable bonds is 9. The van der Waals surface area contributed by atoms with Gasteiger partial charge in [0, 0.05) is 18.7 Å². The van der Waals surface area contributed by atoms with Crippen molar-refractivity contribution < 1.29 is 9.59 Å². The van der Waals surface area contributed by atoms with Crippen molar-refractivity contribution in [3.63, 3.8) is 0 Å². The first kappa shape index (κ1) is 21.5. The van der Waals surface area contributed by atoms with Crippen LogP contribution in [0.5, 0.6) is 0 Å². The van der Waals surface area contributed by atoms with Crippen LogP contribution in [0.15, 0.2) is 67.3 Å². The van der Waals surface area contributed by atoms with Gasteiger partial charge in [-0.25, -0.2) is 0 Å². The molecule has 0 aromatic heterocycles. The van der Waals surface area contributed by atoms with Crippen LogP contribution in [0.2, 0.25) is 0 Å². The number of nitrogens with zero attached hydrogens (tertiary/aromatic N) is 2. The standard InChI is InChI=1S/C25H27N3O2/c1-2-14-25(18-27)16-22(23(29)21-12-10-20(17-26)11-13-21)28(24(25)30)15-6-9-19-7-4-3-5-8-19/h2-5,7-8,10-13,22H,1,6,9,14-16,18,27H2/t22-,25+/m0/s1. The fraction of sp³-hybridized carbons (Fsp3) is 0.320. The molecule has 1 aliphatic rings. The molecule has 1 saturated heterocycles. The number of carbonyl (C=O) groups excluding carboxylic acids is 2. The predicted molar refractivity (Wildman–Crippen MR) is 117 cm³/mol. The molecular weight excluding hydrogens is 374 g/mol. The fourth-order valence-corrected chi connectivity index (χ4v) is 4.21. The number of Topliss-reactive ketones (excluding diaryl/α,β-unsaturated/α-hetero) is 1. The van der Waals surface area contributed by atoms with Crippen molar-refractivity contribution in [3.05, 3.63) is 83.9 Å². The van der Waals surface area contributed by atoms with E-state index >= 15 is 0 Å². The smallest absolute Gasteiger partial charge is 0.231 e. The van der Waals surface area contributed by atoms with E-state index in [0.717, 1.165) is 12.8 Å². The maximum Gasteiger partial charge on any atom is 0.231 e. The molecule has 0 bridgehead atoms. The Morgan fingerprint density at radius 1 is 1.23 bits per heavy atom. The van der Waals surface area contributed by atoms with Gasteiger partial charge in [-0.15, -0.1) is 6.58 Å². The molecule has 0 radical (unpaired) electrons. The van der Waals surface area contributed by atoms with Crippen molar-refractivity contribution in [2.45, 2.75) is 31.7 Å². The van der Waals surface area contributed by atoms with Gasteiger partial charge in [-0.3, -0.25) is 9.59 Å². The van der Waals surface area contributed by atoms with Crippen LogP contribution in [0, 0.1) is 16.7 Å². The van der Waals surface area contributed by atoms with Crippen LogP contribution in [-0.4, -0.2) is 35.7 Å². The van der Waals surface area contributed by atoms with Gasteiger partial charge in [0.05, 0.1) is 23.1 Å². The van der Waals surface area contributed by atoms with Crippen molar-refractivity contribution in [3.8, 4) is 6.07 Å². The van der Waals surface area contributed by atoms with Crippen LogP contribution >= 0.6 is 0 Å². The summed E-state index contributed by atoms with van der Waals surface area (Å²) in [6.07, 6.45) is 4.15. The molecule has 2 aromatic carbocycles. The minimum absolute atomic E-state index is 0.0649. The van der Waals surface area contributed by atoms with Crippen molar-refractivity contribution in [2.24, 2.45) is 11.1 Å². The maximum atomic E-state index is 13.3. The molecule has 0 aliphatic carbocycles. The van der Waals surface area contributed by atoms with Crippen LogP contribution < -0.4 is 5.73 Å². The third kappa shape index (κ3) is 4.34. The Bertz CT molecular complexity index is 947. The molecule has 5 heteroatoms. The average molecular weight is 402 g/mol. The highest BCUT2D eigenvalue weighted by Crippen LogP contribution is 2.40. The highest BCUT2D eigenvalue weighted by molar-refractivity contribution is 6.04. The molecule has 1 heterocycles. The quantitative estimate of drug-likeness (QED) is 0.515. The zero-order valence-corrected chi connectivity index (χ0v) is 17.1. The monoisotopic (exact) mass is 401 g/mol. The highest BCUT2D eigenvalue weighted by atomic mass is 16.2. The first-order valence-electron chi connectivity index (χ1n) is 10.2. The SMILES string of the molecule is C=CC[C@]1(CN)C[C@@H](C(=O)c2ccc(C#N)cc2)N(CCCc2ccccc2)C1=O. The van der Waals surface area contributed by atoms with Gasteiger partial charge in [-0.05, 0) is 43.4 Å². The lowest BCUT2D eigenvalue weighted by atomic mass is 9.80. The molecule has 2 aromatic rings. The van der Waals surface area contributed by atoms with Gasteiger partial charge >= 0.3 is 0 Å². The lowest BCUT2D eigenvalue weighted by Crippen LogP contribution is -2.42. The molecule has 5 nitrogen and oxygen atoms in total. The van der Waals surface area contributed by atoms with Gasteiger partial charge < -0.3 is 10.6 Å². The molecular formula is C25H27N3O2. The Hall–Kier alpha value is -3.23. The summed E-state index contributed by atoms with van der Waals surface area (Å²) in [6, 6.07) is 18.2. The average Bonchev–Trinajstić information content (AvgIpc) is 3.06. The minimum Gasteiger partial charge on any atom is -0.332 e. The minimum atomic E-state index is -0.776. The summed E-state index contributed by atoms with van der Waals surface area (Å²) >= 11 is 0. The van der Waals surface area contributed by atoms with Gasteiger partial charge in [-0.2, -0.15) is 5.26 Å². The first-order valence-corrected chi connectivity index (χ1v) is 10.2. The lowest BCUT2D eigenvalue weighted by Gasteiger charge is -2.26. The van der Waals surface area contributed by atoms with Crippen molar-refractivity contribution in [1.82, 2.24) is 4.90 Å². The molecule has 1 aliphatic heterocycles. The molecule has 2 N–H and O–H groups in total. The van der Waals surface area contributed by atoms with Crippen LogP contribution in [0.4, 0.5) is 0 Å². The topological polar surface area (TPSA) is 87.2 Å². The number of hydrogen-bond donors (Lipinski definition) is 1. The number of carbonyl (C=O) groups is 2. The number of hydrogen-bond acceptors (Lipinski definition) is 4. The zero-order valence-electron chi connectivity index (χ0n) is 17.1. The van der Waals surface area contributed by atoms with E-state index in [1.54, 1.807) is 35.2 Å². The van der Waals surface area contributed by atoms with E-state index in [2.05, 4.69) is 24.8 Å². The van der Waals surface area contributed by atoms with E-state index in [0.29, 0.717) is 30.5 Å². The third-order valence-corrected chi connectivity index (χ3v) is 5.91. The van der Waals surface area contributed by atoms with E-state index in [-0.39, 0.29) is 18.2 Å². The van der Waals surface area contributed by atoms with Crippen molar-refractivity contribution in [1.29, 1.82) is 5.26 Å².